The summed E-state index contributed by atoms with van der Waals surface area (Å²) in [5.41, 5.74) is 5.54. The smallest absolute Gasteiger partial charge is 0.288 e. The monoisotopic (exact) mass is 264 g/mol. The van der Waals surface area contributed by atoms with Crippen molar-refractivity contribution in [2.45, 2.75) is 19.8 Å². The highest BCUT2D eigenvalue weighted by Gasteiger charge is 2.24. The molecule has 0 aliphatic carbocycles. The maximum atomic E-state index is 12.3. The Hall–Kier alpha value is -2.18. The molecule has 2 rings (SSSR count). The molecule has 1 aliphatic heterocycles. The van der Waals surface area contributed by atoms with Crippen LogP contribution >= 0.6 is 0 Å². The summed E-state index contributed by atoms with van der Waals surface area (Å²) < 4.78 is 0. The topological polar surface area (TPSA) is 102 Å². The molecule has 1 aliphatic rings. The highest BCUT2D eigenvalue weighted by atomic mass is 16.6. The second kappa shape index (κ2) is 5.21. The average molecular weight is 264 g/mol. The predicted molar refractivity (Wildman–Crippen MR) is 69.6 cm³/mol. The Morgan fingerprint density at radius 3 is 2.74 bits per heavy atom. The van der Waals surface area contributed by atoms with Crippen molar-refractivity contribution in [3.8, 4) is 0 Å². The number of anilines is 1. The van der Waals surface area contributed by atoms with E-state index in [9.17, 15) is 14.9 Å². The number of nitrogen functional groups attached to an aromatic ring is 1. The molecule has 0 spiro atoms. The van der Waals surface area contributed by atoms with Crippen LogP contribution in [0.3, 0.4) is 0 Å². The first-order chi connectivity index (χ1) is 8.99. The molecule has 7 nitrogen and oxygen atoms in total. The molecule has 0 aromatic carbocycles. The minimum atomic E-state index is -0.582. The molecule has 0 bridgehead atoms. The van der Waals surface area contributed by atoms with Crippen molar-refractivity contribution >= 4 is 17.4 Å². The minimum absolute atomic E-state index is 0.0363. The van der Waals surface area contributed by atoms with E-state index >= 15 is 0 Å². The number of nitrogens with zero attached hydrogens (tertiary/aromatic N) is 3. The van der Waals surface area contributed by atoms with Crippen LogP contribution in [0.1, 0.15) is 30.1 Å². The summed E-state index contributed by atoms with van der Waals surface area (Å²) in [6, 6.07) is 1.20. The highest BCUT2D eigenvalue weighted by molar-refractivity contribution is 5.98. The number of hydrogen-bond acceptors (Lipinski definition) is 5. The van der Waals surface area contributed by atoms with Gasteiger partial charge in [0.05, 0.1) is 10.5 Å². The van der Waals surface area contributed by atoms with Crippen molar-refractivity contribution in [2.24, 2.45) is 5.92 Å². The molecule has 102 valence electrons. The van der Waals surface area contributed by atoms with Crippen LogP contribution in [-0.2, 0) is 0 Å². The summed E-state index contributed by atoms with van der Waals surface area (Å²) in [4.78, 5) is 27.8. The molecule has 19 heavy (non-hydrogen) atoms. The van der Waals surface area contributed by atoms with E-state index in [2.05, 4.69) is 11.9 Å². The molecular formula is C12H16N4O3. The standard InChI is InChI=1S/C12H16N4O3/c1-8-2-4-15(5-3-8)12(17)10-6-9(16(18)19)7-14-11(10)13/h6-8H,2-5H2,1H3,(H2,13,14). The van der Waals surface area contributed by atoms with E-state index in [4.69, 9.17) is 5.73 Å². The summed E-state index contributed by atoms with van der Waals surface area (Å²) in [5, 5.41) is 10.7. The second-order valence-electron chi connectivity index (χ2n) is 4.86. The number of rotatable bonds is 2. The SMILES string of the molecule is CC1CCN(C(=O)c2cc([N+](=O)[O-])cnc2N)CC1. The van der Waals surface area contributed by atoms with Gasteiger partial charge >= 0.3 is 0 Å². The first-order valence-corrected chi connectivity index (χ1v) is 6.18. The Kier molecular flexibility index (Phi) is 3.64. The quantitative estimate of drug-likeness (QED) is 0.643. The molecule has 2 N–H and O–H groups in total. The molecule has 1 saturated heterocycles. The van der Waals surface area contributed by atoms with E-state index in [0.717, 1.165) is 19.0 Å². The Labute approximate surface area is 110 Å². The molecule has 1 aromatic rings. The van der Waals surface area contributed by atoms with Crippen LogP contribution < -0.4 is 5.73 Å². The van der Waals surface area contributed by atoms with Crippen LogP contribution in [0.25, 0.3) is 0 Å². The lowest BCUT2D eigenvalue weighted by atomic mass is 9.98. The van der Waals surface area contributed by atoms with Crippen LogP contribution in [-0.4, -0.2) is 33.8 Å². The van der Waals surface area contributed by atoms with Gasteiger partial charge < -0.3 is 10.6 Å². The summed E-state index contributed by atoms with van der Waals surface area (Å²) in [6.07, 6.45) is 2.94. The lowest BCUT2D eigenvalue weighted by molar-refractivity contribution is -0.385. The van der Waals surface area contributed by atoms with Crippen molar-refractivity contribution < 1.29 is 9.72 Å². The number of likely N-dealkylation sites (tertiary alicyclic amines) is 1. The normalized spacial score (nSPS) is 16.4. The van der Waals surface area contributed by atoms with Gasteiger partial charge in [-0.3, -0.25) is 14.9 Å². The number of amides is 1. The number of pyridine rings is 1. The van der Waals surface area contributed by atoms with Crippen LogP contribution in [0.5, 0.6) is 0 Å². The maximum absolute atomic E-state index is 12.3. The Morgan fingerprint density at radius 2 is 2.16 bits per heavy atom. The first-order valence-electron chi connectivity index (χ1n) is 6.18. The summed E-state index contributed by atoms with van der Waals surface area (Å²) in [7, 11) is 0. The number of nitrogens with two attached hydrogens (primary N) is 1. The van der Waals surface area contributed by atoms with Gasteiger partial charge in [0.25, 0.3) is 11.6 Å². The third-order valence-electron chi connectivity index (χ3n) is 3.42. The van der Waals surface area contributed by atoms with Crippen molar-refractivity contribution in [3.63, 3.8) is 0 Å². The first kappa shape index (κ1) is 13.3. The van der Waals surface area contributed by atoms with Gasteiger partial charge in [-0.1, -0.05) is 6.92 Å². The molecule has 0 saturated carbocycles. The summed E-state index contributed by atoms with van der Waals surface area (Å²) >= 11 is 0. The van der Waals surface area contributed by atoms with Crippen LogP contribution in [0.15, 0.2) is 12.3 Å². The molecule has 1 aromatic heterocycles. The Balaban J connectivity index is 2.23. The Morgan fingerprint density at radius 1 is 1.53 bits per heavy atom. The van der Waals surface area contributed by atoms with E-state index in [1.165, 1.54) is 6.07 Å². The van der Waals surface area contributed by atoms with Crippen LogP contribution in [0, 0.1) is 16.0 Å². The van der Waals surface area contributed by atoms with Gasteiger partial charge in [0, 0.05) is 19.2 Å². The number of carbonyl (C=O) groups is 1. The number of carbonyl (C=O) groups excluding carboxylic acids is 1. The number of piperidine rings is 1. The van der Waals surface area contributed by atoms with Crippen molar-refractivity contribution in [1.29, 1.82) is 0 Å². The Bertz CT molecular complexity index is 510. The van der Waals surface area contributed by atoms with E-state index in [1.54, 1.807) is 4.90 Å². The average Bonchev–Trinajstić information content (AvgIpc) is 2.39. The third-order valence-corrected chi connectivity index (χ3v) is 3.42. The van der Waals surface area contributed by atoms with E-state index in [0.29, 0.717) is 19.0 Å². The fraction of sp³-hybridized carbons (Fsp3) is 0.500. The fourth-order valence-corrected chi connectivity index (χ4v) is 2.12. The highest BCUT2D eigenvalue weighted by Crippen LogP contribution is 2.22. The summed E-state index contributed by atoms with van der Waals surface area (Å²) in [6.45, 7) is 3.45. The zero-order valence-corrected chi connectivity index (χ0v) is 10.7. The molecule has 0 unspecified atom stereocenters. The lowest BCUT2D eigenvalue weighted by Crippen LogP contribution is -2.38. The number of hydrogen-bond donors (Lipinski definition) is 1. The second-order valence-corrected chi connectivity index (χ2v) is 4.86. The van der Waals surface area contributed by atoms with Gasteiger partial charge in [-0.2, -0.15) is 0 Å². The van der Waals surface area contributed by atoms with Crippen molar-refractivity contribution in [2.75, 3.05) is 18.8 Å². The zero-order valence-electron chi connectivity index (χ0n) is 10.7. The third kappa shape index (κ3) is 2.81. The van der Waals surface area contributed by atoms with E-state index < -0.39 is 4.92 Å². The molecule has 2 heterocycles. The van der Waals surface area contributed by atoms with Gasteiger partial charge in [0.2, 0.25) is 0 Å². The van der Waals surface area contributed by atoms with Gasteiger partial charge in [0.1, 0.15) is 12.0 Å². The summed E-state index contributed by atoms with van der Waals surface area (Å²) in [5.74, 6) is 0.361. The fourth-order valence-electron chi connectivity index (χ4n) is 2.12. The van der Waals surface area contributed by atoms with Gasteiger partial charge in [-0.25, -0.2) is 4.98 Å². The zero-order chi connectivity index (χ0) is 14.0. The van der Waals surface area contributed by atoms with Crippen molar-refractivity contribution in [1.82, 2.24) is 9.88 Å². The molecule has 1 fully saturated rings. The largest absolute Gasteiger partial charge is 0.383 e. The number of nitro groups is 1. The van der Waals surface area contributed by atoms with Crippen LogP contribution in [0.2, 0.25) is 0 Å². The molecular weight excluding hydrogens is 248 g/mol. The van der Waals surface area contributed by atoms with Gasteiger partial charge in [-0.05, 0) is 18.8 Å². The minimum Gasteiger partial charge on any atom is -0.383 e. The predicted octanol–water partition coefficient (Wildman–Crippen LogP) is 1.44. The lowest BCUT2D eigenvalue weighted by Gasteiger charge is -2.30. The molecule has 1 amide bonds. The van der Waals surface area contributed by atoms with Crippen LogP contribution in [0.4, 0.5) is 11.5 Å². The van der Waals surface area contributed by atoms with E-state index in [1.807, 2.05) is 0 Å². The van der Waals surface area contributed by atoms with Gasteiger partial charge in [-0.15, -0.1) is 0 Å². The molecule has 0 radical (unpaired) electrons. The van der Waals surface area contributed by atoms with Crippen molar-refractivity contribution in [3.05, 3.63) is 27.9 Å². The molecule has 0 atom stereocenters. The van der Waals surface area contributed by atoms with E-state index in [-0.39, 0.29) is 23.0 Å². The maximum Gasteiger partial charge on any atom is 0.288 e. The molecule has 7 heteroatoms. The van der Waals surface area contributed by atoms with Gasteiger partial charge in [0.15, 0.2) is 0 Å². The number of aromatic nitrogens is 1.